The van der Waals surface area contributed by atoms with E-state index in [1.54, 1.807) is 12.1 Å². The number of benzene rings is 1. The van der Waals surface area contributed by atoms with Crippen LogP contribution >= 0.6 is 0 Å². The quantitative estimate of drug-likeness (QED) is 0.902. The molecule has 1 aromatic carbocycles. The molecule has 0 amide bonds. The summed E-state index contributed by atoms with van der Waals surface area (Å²) in [7, 11) is 0. The number of alkyl halides is 2. The Kier molecular flexibility index (Phi) is 3.89. The molecule has 3 unspecified atom stereocenters. The van der Waals surface area contributed by atoms with Crippen molar-refractivity contribution in [2.75, 3.05) is 13.1 Å². The van der Waals surface area contributed by atoms with Gasteiger partial charge in [0.05, 0.1) is 0 Å². The normalized spacial score (nSPS) is 27.2. The number of hydrogen-bond acceptors (Lipinski definition) is 3. The van der Waals surface area contributed by atoms with Crippen molar-refractivity contribution in [3.8, 4) is 5.75 Å². The number of fused-ring (bicyclic) bond motifs is 2. The maximum absolute atomic E-state index is 12.1. The number of nitrogens with two attached hydrogens (primary N) is 1. The highest BCUT2D eigenvalue weighted by Gasteiger charge is 2.40. The first kappa shape index (κ1) is 13.8. The van der Waals surface area contributed by atoms with E-state index in [9.17, 15) is 8.78 Å². The molecule has 2 bridgehead atoms. The fourth-order valence-corrected chi connectivity index (χ4v) is 3.68. The summed E-state index contributed by atoms with van der Waals surface area (Å²) < 4.78 is 28.7. The van der Waals surface area contributed by atoms with Gasteiger partial charge in [0.2, 0.25) is 0 Å². The summed E-state index contributed by atoms with van der Waals surface area (Å²) in [6.45, 7) is -1.11. The van der Waals surface area contributed by atoms with Gasteiger partial charge in [-0.3, -0.25) is 4.90 Å². The van der Waals surface area contributed by atoms with Gasteiger partial charge in [0, 0.05) is 25.2 Å². The summed E-state index contributed by atoms with van der Waals surface area (Å²) in [4.78, 5) is 2.48. The minimum Gasteiger partial charge on any atom is -0.435 e. The highest BCUT2D eigenvalue weighted by molar-refractivity contribution is 5.30. The fraction of sp³-hybridized carbons (Fsp3) is 0.600. The summed E-state index contributed by atoms with van der Waals surface area (Å²) >= 11 is 0. The van der Waals surface area contributed by atoms with E-state index in [0.717, 1.165) is 18.0 Å². The maximum atomic E-state index is 12.1. The monoisotopic (exact) mass is 282 g/mol. The molecule has 1 heterocycles. The molecule has 1 saturated carbocycles. The first-order chi connectivity index (χ1) is 9.67. The van der Waals surface area contributed by atoms with Gasteiger partial charge in [-0.2, -0.15) is 8.78 Å². The Labute approximate surface area is 117 Å². The van der Waals surface area contributed by atoms with E-state index in [1.165, 1.54) is 19.3 Å². The second-order valence-electron chi connectivity index (χ2n) is 5.73. The van der Waals surface area contributed by atoms with Gasteiger partial charge in [-0.25, -0.2) is 0 Å². The van der Waals surface area contributed by atoms with Crippen LogP contribution in [0, 0.1) is 5.92 Å². The van der Waals surface area contributed by atoms with E-state index in [0.29, 0.717) is 12.6 Å². The lowest BCUT2D eigenvalue weighted by Gasteiger charge is -2.34. The van der Waals surface area contributed by atoms with Crippen molar-refractivity contribution in [3.05, 3.63) is 29.8 Å². The molecule has 1 aliphatic heterocycles. The van der Waals surface area contributed by atoms with Gasteiger partial charge in [0.15, 0.2) is 0 Å². The number of nitrogens with zero attached hydrogens (tertiary/aromatic N) is 1. The number of rotatable bonds is 5. The second-order valence-corrected chi connectivity index (χ2v) is 5.73. The molecule has 3 rings (SSSR count). The van der Waals surface area contributed by atoms with Gasteiger partial charge in [-0.15, -0.1) is 0 Å². The molecule has 2 aliphatic rings. The van der Waals surface area contributed by atoms with Crippen molar-refractivity contribution in [1.82, 2.24) is 4.90 Å². The van der Waals surface area contributed by atoms with E-state index >= 15 is 0 Å². The van der Waals surface area contributed by atoms with Crippen molar-refractivity contribution >= 4 is 0 Å². The Hall–Kier alpha value is -1.20. The molecule has 0 radical (unpaired) electrons. The van der Waals surface area contributed by atoms with Crippen molar-refractivity contribution in [1.29, 1.82) is 0 Å². The molecule has 1 saturated heterocycles. The highest BCUT2D eigenvalue weighted by atomic mass is 19.3. The van der Waals surface area contributed by atoms with Gasteiger partial charge in [0.1, 0.15) is 5.75 Å². The zero-order chi connectivity index (χ0) is 14.1. The van der Waals surface area contributed by atoms with Gasteiger partial charge in [-0.05, 0) is 42.9 Å². The van der Waals surface area contributed by atoms with E-state index in [-0.39, 0.29) is 11.8 Å². The minimum absolute atomic E-state index is 0.186. The average molecular weight is 282 g/mol. The zero-order valence-electron chi connectivity index (χ0n) is 11.3. The Morgan fingerprint density at radius 3 is 2.50 bits per heavy atom. The van der Waals surface area contributed by atoms with Crippen LogP contribution in [0.4, 0.5) is 8.78 Å². The van der Waals surface area contributed by atoms with Crippen LogP contribution in [0.2, 0.25) is 0 Å². The topological polar surface area (TPSA) is 38.5 Å². The Balaban J connectivity index is 1.72. The summed E-state index contributed by atoms with van der Waals surface area (Å²) in [6, 6.07) is 7.72. The van der Waals surface area contributed by atoms with Crippen LogP contribution in [-0.4, -0.2) is 30.6 Å². The predicted molar refractivity (Wildman–Crippen MR) is 72.7 cm³/mol. The van der Waals surface area contributed by atoms with E-state index < -0.39 is 6.61 Å². The molecule has 2 fully saturated rings. The predicted octanol–water partition coefficient (Wildman–Crippen LogP) is 2.77. The molecule has 5 heteroatoms. The van der Waals surface area contributed by atoms with Crippen LogP contribution in [0.3, 0.4) is 0 Å². The van der Waals surface area contributed by atoms with Crippen molar-refractivity contribution < 1.29 is 13.5 Å². The Bertz CT molecular complexity index is 452. The fourth-order valence-electron chi connectivity index (χ4n) is 3.68. The van der Waals surface area contributed by atoms with E-state index in [4.69, 9.17) is 5.73 Å². The molecule has 110 valence electrons. The number of halogens is 2. The van der Waals surface area contributed by atoms with Gasteiger partial charge in [0.25, 0.3) is 0 Å². The largest absolute Gasteiger partial charge is 0.435 e. The molecule has 20 heavy (non-hydrogen) atoms. The van der Waals surface area contributed by atoms with Gasteiger partial charge in [-0.1, -0.05) is 12.1 Å². The van der Waals surface area contributed by atoms with Gasteiger partial charge >= 0.3 is 6.61 Å². The summed E-state index contributed by atoms with van der Waals surface area (Å²) in [5.74, 6) is 1.01. The van der Waals surface area contributed by atoms with Crippen LogP contribution in [0.15, 0.2) is 24.3 Å². The molecule has 0 aromatic heterocycles. The lowest BCUT2D eigenvalue weighted by Crippen LogP contribution is -2.39. The first-order valence-electron chi connectivity index (χ1n) is 7.18. The molecule has 2 N–H and O–H groups in total. The van der Waals surface area contributed by atoms with Gasteiger partial charge < -0.3 is 10.5 Å². The molecule has 0 spiro atoms. The summed E-state index contributed by atoms with van der Waals surface area (Å²) in [6.07, 6.45) is 3.87. The van der Waals surface area contributed by atoms with E-state index in [1.807, 2.05) is 12.1 Å². The molecule has 1 aliphatic carbocycles. The van der Waals surface area contributed by atoms with Crippen molar-refractivity contribution in [3.63, 3.8) is 0 Å². The molecular formula is C15H20F2N2O. The Morgan fingerprint density at radius 2 is 2.00 bits per heavy atom. The standard InChI is InChI=1S/C15H20F2N2O/c16-15(17)20-13-5-2-11(3-6-13)14(8-18)19-9-10-1-4-12(19)7-10/h2-3,5-6,10,12,14-15H,1,4,7-9,18H2. The highest BCUT2D eigenvalue weighted by Crippen LogP contribution is 2.41. The summed E-state index contributed by atoms with van der Waals surface area (Å²) in [5.41, 5.74) is 7.03. The number of piperidine rings is 1. The number of likely N-dealkylation sites (tertiary alicyclic amines) is 1. The maximum Gasteiger partial charge on any atom is 0.387 e. The van der Waals surface area contributed by atoms with Crippen molar-refractivity contribution in [2.45, 2.75) is 38.0 Å². The van der Waals surface area contributed by atoms with Crippen LogP contribution in [0.25, 0.3) is 0 Å². The third kappa shape index (κ3) is 2.65. The van der Waals surface area contributed by atoms with Crippen molar-refractivity contribution in [2.24, 2.45) is 11.7 Å². The van der Waals surface area contributed by atoms with Crippen LogP contribution in [0.5, 0.6) is 5.75 Å². The minimum atomic E-state index is -2.78. The zero-order valence-corrected chi connectivity index (χ0v) is 11.3. The van der Waals surface area contributed by atoms with Crippen LogP contribution in [-0.2, 0) is 0 Å². The summed E-state index contributed by atoms with van der Waals surface area (Å²) in [5, 5.41) is 0. The number of ether oxygens (including phenoxy) is 1. The smallest absolute Gasteiger partial charge is 0.387 e. The third-order valence-corrected chi connectivity index (χ3v) is 4.57. The number of hydrogen-bond donors (Lipinski definition) is 1. The third-order valence-electron chi connectivity index (χ3n) is 4.57. The molecule has 3 atom stereocenters. The lowest BCUT2D eigenvalue weighted by atomic mass is 10.0. The van der Waals surface area contributed by atoms with Crippen LogP contribution in [0.1, 0.15) is 30.9 Å². The SMILES string of the molecule is NCC(c1ccc(OC(F)F)cc1)N1CC2CCC1C2. The Morgan fingerprint density at radius 1 is 1.25 bits per heavy atom. The second kappa shape index (κ2) is 5.66. The molecule has 3 nitrogen and oxygen atoms in total. The molecule has 1 aromatic rings. The average Bonchev–Trinajstić information content (AvgIpc) is 3.03. The lowest BCUT2D eigenvalue weighted by molar-refractivity contribution is -0.0498. The molecular weight excluding hydrogens is 262 g/mol. The first-order valence-corrected chi connectivity index (χ1v) is 7.18. The van der Waals surface area contributed by atoms with Crippen LogP contribution < -0.4 is 10.5 Å². The van der Waals surface area contributed by atoms with E-state index in [2.05, 4.69) is 9.64 Å².